The fourth-order valence-corrected chi connectivity index (χ4v) is 7.01. The van der Waals surface area contributed by atoms with Gasteiger partial charge in [0.2, 0.25) is 17.7 Å². The summed E-state index contributed by atoms with van der Waals surface area (Å²) < 4.78 is 29.5. The average Bonchev–Trinajstić information content (AvgIpc) is 3.78. The molecule has 3 N–H and O–H groups in total. The number of nitrogens with zero attached hydrogens (tertiary/aromatic N) is 6. The van der Waals surface area contributed by atoms with E-state index in [1.165, 1.54) is 12.2 Å². The van der Waals surface area contributed by atoms with E-state index in [9.17, 15) is 52.7 Å². The minimum absolute atomic E-state index is 0. The van der Waals surface area contributed by atoms with Gasteiger partial charge in [-0.2, -0.15) is 0 Å². The Morgan fingerprint density at radius 2 is 0.725 bits per heavy atom. The molecule has 0 atom stereocenters. The first-order valence-corrected chi connectivity index (χ1v) is 26.6. The first kappa shape index (κ1) is 73.5. The van der Waals surface area contributed by atoms with Gasteiger partial charge in [0.25, 0.3) is 0 Å². The van der Waals surface area contributed by atoms with Crippen LogP contribution in [0.1, 0.15) is 114 Å². The number of piperazine rings is 4. The summed E-state index contributed by atoms with van der Waals surface area (Å²) in [5.74, 6) is -2.80. The fraction of sp³-hybridized carbons (Fsp3) is 0.717. The molecule has 27 heteroatoms. The highest BCUT2D eigenvalue weighted by atomic mass is 35.5. The van der Waals surface area contributed by atoms with Crippen LogP contribution in [0, 0.1) is 0 Å². The third kappa shape index (κ3) is 35.2. The topological polar surface area (TPSA) is 307 Å². The summed E-state index contributed by atoms with van der Waals surface area (Å²) in [6.07, 6.45) is 2.96. The van der Waals surface area contributed by atoms with E-state index in [-0.39, 0.29) is 125 Å². The van der Waals surface area contributed by atoms with Crippen LogP contribution in [-0.4, -0.2) is 235 Å². The van der Waals surface area contributed by atoms with Crippen LogP contribution < -0.4 is 10.6 Å². The number of ether oxygens (including phenoxy) is 6. The van der Waals surface area contributed by atoms with E-state index >= 15 is 0 Å². The summed E-state index contributed by atoms with van der Waals surface area (Å²) in [6, 6.07) is 0. The molecule has 26 nitrogen and oxygen atoms in total. The predicted molar refractivity (Wildman–Crippen MR) is 294 cm³/mol. The summed E-state index contributed by atoms with van der Waals surface area (Å²) in [7, 11) is 0. The van der Waals surface area contributed by atoms with Crippen molar-refractivity contribution in [3.63, 3.8) is 0 Å². The molecular weight excluding hydrogens is 1070 g/mol. The predicted octanol–water partition coefficient (Wildman–Crippen LogP) is 3.53. The Morgan fingerprint density at radius 3 is 0.988 bits per heavy atom. The van der Waals surface area contributed by atoms with Crippen LogP contribution in [0.2, 0.25) is 0 Å². The normalized spacial score (nSPS) is 16.2. The van der Waals surface area contributed by atoms with E-state index in [0.29, 0.717) is 52.4 Å². The molecule has 0 saturated carbocycles. The third-order valence-corrected chi connectivity index (χ3v) is 10.9. The Bertz CT molecular complexity index is 2020. The molecule has 5 aliphatic heterocycles. The van der Waals surface area contributed by atoms with Gasteiger partial charge in [0.15, 0.2) is 0 Å². The second-order valence-electron chi connectivity index (χ2n) is 21.2. The summed E-state index contributed by atoms with van der Waals surface area (Å²) in [5, 5.41) is 14.9. The molecule has 0 spiro atoms. The van der Waals surface area contributed by atoms with Crippen LogP contribution in [0.25, 0.3) is 0 Å². The molecule has 456 valence electrons. The van der Waals surface area contributed by atoms with Gasteiger partial charge in [-0.15, -0.1) is 12.4 Å². The molecule has 0 aromatic rings. The smallest absolute Gasteiger partial charge is 0.410 e. The number of carboxylic acids is 1. The van der Waals surface area contributed by atoms with E-state index in [2.05, 4.69) is 28.5 Å². The molecule has 5 saturated heterocycles. The monoisotopic (exact) mass is 1160 g/mol. The van der Waals surface area contributed by atoms with Crippen LogP contribution in [0.5, 0.6) is 0 Å². The van der Waals surface area contributed by atoms with E-state index < -0.39 is 35.1 Å². The molecule has 5 rings (SSSR count). The SMILES string of the molecule is C=CCOC(=O)CCC(=O)N1CCN(C(=O)OC(C)(C)C)CC1.C=CCOC(=O)CCC(=O)N1CCNCC1.CC(C)(C)OC(=O)N1CCN(C(=O)CCC(=O)O)CC1.CC(C)(C)OC(=O)N1CCNCC1.Cl.O=C1CCC(=O)O1. The van der Waals surface area contributed by atoms with Crippen molar-refractivity contribution in [1.29, 1.82) is 0 Å². The van der Waals surface area contributed by atoms with Crippen LogP contribution >= 0.6 is 12.4 Å². The van der Waals surface area contributed by atoms with Gasteiger partial charge in [-0.05, 0) is 62.3 Å². The number of cyclic esters (lactones) is 2. The Labute approximate surface area is 476 Å². The lowest BCUT2D eigenvalue weighted by Gasteiger charge is -2.35. The van der Waals surface area contributed by atoms with Crippen molar-refractivity contribution in [2.75, 3.05) is 118 Å². The highest BCUT2D eigenvalue weighted by Gasteiger charge is 2.30. The first-order valence-electron chi connectivity index (χ1n) is 26.6. The third-order valence-electron chi connectivity index (χ3n) is 10.9. The molecular formula is C53H89ClN8O18. The molecule has 0 radical (unpaired) electrons. The zero-order chi connectivity index (χ0) is 59.8. The number of hydrogen-bond acceptors (Lipinski definition) is 19. The number of hydrogen-bond donors (Lipinski definition) is 3. The highest BCUT2D eigenvalue weighted by Crippen LogP contribution is 2.15. The zero-order valence-corrected chi connectivity index (χ0v) is 49.2. The number of esters is 4. The Morgan fingerprint density at radius 1 is 0.463 bits per heavy atom. The summed E-state index contributed by atoms with van der Waals surface area (Å²) in [5.41, 5.74) is -1.46. The lowest BCUT2D eigenvalue weighted by Crippen LogP contribution is -2.51. The molecule has 0 aliphatic carbocycles. The second kappa shape index (κ2) is 38.2. The van der Waals surface area contributed by atoms with Crippen molar-refractivity contribution >= 4 is 78.3 Å². The molecule has 5 heterocycles. The molecule has 6 amide bonds. The first-order chi connectivity index (χ1) is 36.9. The summed E-state index contributed by atoms with van der Waals surface area (Å²) in [6.45, 7) is 33.5. The molecule has 0 aromatic carbocycles. The Kier molecular flexibility index (Phi) is 35.0. The van der Waals surface area contributed by atoms with Gasteiger partial charge in [0, 0.05) is 124 Å². The van der Waals surface area contributed by atoms with Gasteiger partial charge < -0.3 is 73.6 Å². The maximum Gasteiger partial charge on any atom is 0.410 e. The average molecular weight is 1160 g/mol. The van der Waals surface area contributed by atoms with Crippen molar-refractivity contribution in [1.82, 2.24) is 40.0 Å². The number of aliphatic carboxylic acids is 1. The maximum absolute atomic E-state index is 12.0. The molecule has 0 unspecified atom stereocenters. The van der Waals surface area contributed by atoms with Gasteiger partial charge in [0.05, 0.1) is 32.1 Å². The van der Waals surface area contributed by atoms with Gasteiger partial charge in [-0.1, -0.05) is 25.3 Å². The van der Waals surface area contributed by atoms with E-state index in [4.69, 9.17) is 28.8 Å². The van der Waals surface area contributed by atoms with Crippen molar-refractivity contribution in [3.8, 4) is 0 Å². The second-order valence-corrected chi connectivity index (χ2v) is 21.2. The number of halogens is 1. The largest absolute Gasteiger partial charge is 0.481 e. The van der Waals surface area contributed by atoms with E-state index in [0.717, 1.165) is 52.4 Å². The maximum atomic E-state index is 12.0. The minimum atomic E-state index is -0.981. The van der Waals surface area contributed by atoms with E-state index in [1.807, 2.05) is 41.5 Å². The standard InChI is InChI=1S/C16H26N2O5.C13H22N2O5.C11H18N2O3.C9H18N2O2.C4H4O3.ClH/c1-5-12-22-14(20)7-6-13(19)17-8-10-18(11-9-17)15(21)23-16(2,3)4;1-13(2,3)20-12(19)15-8-6-14(7-9-15)10(16)4-5-11(17)18;1-2-9-16-11(15)4-3-10(14)13-7-5-12-6-8-13;1-9(2,3)13-8(12)11-6-4-10-5-7-11;5-3-1-2-4(6)7-3;/h5H,1,6-12H2,2-4H3;4-9H2,1-3H3,(H,17,18);2,12H,1,3-9H2;10H,4-7H2,1-3H3;1-2H2;1H. The summed E-state index contributed by atoms with van der Waals surface area (Å²) >= 11 is 0. The number of carbonyl (C=O) groups excluding carboxylic acids is 10. The van der Waals surface area contributed by atoms with Gasteiger partial charge >= 0.3 is 48.1 Å². The molecule has 5 aliphatic rings. The zero-order valence-electron chi connectivity index (χ0n) is 48.4. The van der Waals surface area contributed by atoms with E-state index in [1.54, 1.807) is 50.2 Å². The molecule has 80 heavy (non-hydrogen) atoms. The van der Waals surface area contributed by atoms with Crippen LogP contribution in [0.4, 0.5) is 14.4 Å². The van der Waals surface area contributed by atoms with Crippen molar-refractivity contribution in [2.24, 2.45) is 0 Å². The van der Waals surface area contributed by atoms with Crippen molar-refractivity contribution in [3.05, 3.63) is 25.3 Å². The molecule has 0 bridgehead atoms. The van der Waals surface area contributed by atoms with Crippen LogP contribution in [0.15, 0.2) is 25.3 Å². The number of carbonyl (C=O) groups is 11. The van der Waals surface area contributed by atoms with Gasteiger partial charge in [-0.3, -0.25) is 38.4 Å². The van der Waals surface area contributed by atoms with Gasteiger partial charge in [-0.25, -0.2) is 14.4 Å². The minimum Gasteiger partial charge on any atom is -0.481 e. The Hall–Kier alpha value is -6.54. The van der Waals surface area contributed by atoms with Crippen LogP contribution in [-0.2, 0) is 66.8 Å². The Balaban J connectivity index is 0.00000101. The number of rotatable bonds is 13. The van der Waals surface area contributed by atoms with Crippen molar-refractivity contribution in [2.45, 2.75) is 130 Å². The highest BCUT2D eigenvalue weighted by molar-refractivity contribution is 5.92. The fourth-order valence-electron chi connectivity index (χ4n) is 7.01. The lowest BCUT2D eigenvalue weighted by atomic mass is 10.2. The number of carboxylic acid groups (broad SMARTS) is 1. The van der Waals surface area contributed by atoms with Crippen LogP contribution in [0.3, 0.4) is 0 Å². The number of amides is 6. The molecule has 0 aromatic heterocycles. The summed E-state index contributed by atoms with van der Waals surface area (Å²) in [4.78, 5) is 134. The molecule has 5 fully saturated rings. The quantitative estimate of drug-likeness (QED) is 0.103. The van der Waals surface area contributed by atoms with Crippen molar-refractivity contribution < 1.29 is 86.3 Å². The van der Waals surface area contributed by atoms with Gasteiger partial charge in [0.1, 0.15) is 30.0 Å². The number of nitrogens with one attached hydrogen (secondary N) is 2. The lowest BCUT2D eigenvalue weighted by molar-refractivity contribution is -0.152.